The first-order valence-corrected chi connectivity index (χ1v) is 7.41. The lowest BCUT2D eigenvalue weighted by molar-refractivity contribution is -0.141. The SMILES string of the molecule is O=C(O)C1CCCN(c2cncc3cnc4[nH]ccc4c23)C1. The second kappa shape index (κ2) is 4.98. The average molecular weight is 296 g/mol. The van der Waals surface area contributed by atoms with Crippen molar-refractivity contribution in [3.05, 3.63) is 30.9 Å². The molecule has 22 heavy (non-hydrogen) atoms. The zero-order chi connectivity index (χ0) is 15.1. The number of pyridine rings is 2. The van der Waals surface area contributed by atoms with Gasteiger partial charge in [-0.15, -0.1) is 0 Å². The second-order valence-corrected chi connectivity index (χ2v) is 5.74. The van der Waals surface area contributed by atoms with Gasteiger partial charge in [0, 0.05) is 47.8 Å². The number of hydrogen-bond acceptors (Lipinski definition) is 4. The number of H-pyrrole nitrogens is 1. The van der Waals surface area contributed by atoms with E-state index in [4.69, 9.17) is 0 Å². The first-order chi connectivity index (χ1) is 10.7. The highest BCUT2D eigenvalue weighted by Gasteiger charge is 2.26. The number of anilines is 1. The number of nitrogens with one attached hydrogen (secondary N) is 1. The number of rotatable bonds is 2. The van der Waals surface area contributed by atoms with Crippen LogP contribution in [0.5, 0.6) is 0 Å². The number of fused-ring (bicyclic) bond motifs is 3. The van der Waals surface area contributed by atoms with Gasteiger partial charge in [0.25, 0.3) is 0 Å². The number of aliphatic carboxylic acids is 1. The Hall–Kier alpha value is -2.63. The van der Waals surface area contributed by atoms with Crippen LogP contribution in [0.1, 0.15) is 12.8 Å². The minimum Gasteiger partial charge on any atom is -0.481 e. The summed E-state index contributed by atoms with van der Waals surface area (Å²) in [7, 11) is 0. The Morgan fingerprint density at radius 1 is 1.36 bits per heavy atom. The van der Waals surface area contributed by atoms with Crippen LogP contribution >= 0.6 is 0 Å². The van der Waals surface area contributed by atoms with Crippen LogP contribution in [0.4, 0.5) is 5.69 Å². The molecule has 0 aromatic carbocycles. The zero-order valence-corrected chi connectivity index (χ0v) is 12.0. The minimum absolute atomic E-state index is 0.312. The van der Waals surface area contributed by atoms with E-state index in [-0.39, 0.29) is 5.92 Å². The summed E-state index contributed by atoms with van der Waals surface area (Å²) in [4.78, 5) is 25.3. The van der Waals surface area contributed by atoms with Gasteiger partial charge in [-0.1, -0.05) is 0 Å². The van der Waals surface area contributed by atoms with E-state index in [1.54, 1.807) is 6.20 Å². The Kier molecular flexibility index (Phi) is 2.96. The molecule has 112 valence electrons. The van der Waals surface area contributed by atoms with Gasteiger partial charge in [-0.3, -0.25) is 9.78 Å². The minimum atomic E-state index is -0.716. The van der Waals surface area contributed by atoms with Crippen molar-refractivity contribution in [1.82, 2.24) is 15.0 Å². The first kappa shape index (κ1) is 13.1. The summed E-state index contributed by atoms with van der Waals surface area (Å²) in [5.74, 6) is -1.03. The molecule has 1 saturated heterocycles. The number of aromatic amines is 1. The molecule has 1 aliphatic rings. The van der Waals surface area contributed by atoms with Crippen LogP contribution in [-0.4, -0.2) is 39.1 Å². The molecule has 1 fully saturated rings. The molecule has 3 aromatic rings. The van der Waals surface area contributed by atoms with E-state index in [0.29, 0.717) is 6.54 Å². The fourth-order valence-corrected chi connectivity index (χ4v) is 3.30. The molecule has 1 aliphatic heterocycles. The number of carboxylic acids is 1. The molecule has 6 nitrogen and oxygen atoms in total. The summed E-state index contributed by atoms with van der Waals surface area (Å²) in [5, 5.41) is 12.4. The summed E-state index contributed by atoms with van der Waals surface area (Å²) < 4.78 is 0. The molecule has 3 aromatic heterocycles. The lowest BCUT2D eigenvalue weighted by Gasteiger charge is -2.33. The van der Waals surface area contributed by atoms with E-state index in [0.717, 1.165) is 46.9 Å². The maximum atomic E-state index is 11.3. The van der Waals surface area contributed by atoms with Gasteiger partial charge in [0.05, 0.1) is 17.8 Å². The normalized spacial score (nSPS) is 18.9. The van der Waals surface area contributed by atoms with Crippen molar-refractivity contribution in [1.29, 1.82) is 0 Å². The van der Waals surface area contributed by atoms with Gasteiger partial charge in [-0.05, 0) is 18.9 Å². The Bertz CT molecular complexity index is 858. The highest BCUT2D eigenvalue weighted by atomic mass is 16.4. The molecule has 1 atom stereocenters. The number of carboxylic acid groups (broad SMARTS) is 1. The number of hydrogen-bond donors (Lipinski definition) is 2. The van der Waals surface area contributed by atoms with Gasteiger partial charge >= 0.3 is 5.97 Å². The summed E-state index contributed by atoms with van der Waals surface area (Å²) in [5.41, 5.74) is 1.84. The average Bonchev–Trinajstić information content (AvgIpc) is 3.03. The van der Waals surface area contributed by atoms with Crippen LogP contribution < -0.4 is 4.90 Å². The largest absolute Gasteiger partial charge is 0.481 e. The lowest BCUT2D eigenvalue weighted by Crippen LogP contribution is -2.38. The molecule has 0 saturated carbocycles. The third-order valence-electron chi connectivity index (χ3n) is 4.39. The smallest absolute Gasteiger partial charge is 0.308 e. The molecule has 4 rings (SSSR count). The monoisotopic (exact) mass is 296 g/mol. The molecule has 0 bridgehead atoms. The van der Waals surface area contributed by atoms with Crippen LogP contribution in [0, 0.1) is 5.92 Å². The van der Waals surface area contributed by atoms with Crippen molar-refractivity contribution in [2.24, 2.45) is 5.92 Å². The Morgan fingerprint density at radius 2 is 2.27 bits per heavy atom. The molecule has 0 spiro atoms. The van der Waals surface area contributed by atoms with Gasteiger partial charge < -0.3 is 15.0 Å². The maximum absolute atomic E-state index is 11.3. The van der Waals surface area contributed by atoms with Gasteiger partial charge in [0.1, 0.15) is 5.65 Å². The predicted molar refractivity (Wildman–Crippen MR) is 84.0 cm³/mol. The third-order valence-corrected chi connectivity index (χ3v) is 4.39. The molecule has 0 radical (unpaired) electrons. The van der Waals surface area contributed by atoms with Crippen LogP contribution in [0.2, 0.25) is 0 Å². The van der Waals surface area contributed by atoms with E-state index in [1.165, 1.54) is 0 Å². The number of aromatic nitrogens is 3. The van der Waals surface area contributed by atoms with E-state index in [2.05, 4.69) is 19.9 Å². The molecule has 4 heterocycles. The lowest BCUT2D eigenvalue weighted by atomic mass is 9.97. The molecule has 0 aliphatic carbocycles. The maximum Gasteiger partial charge on any atom is 0.308 e. The van der Waals surface area contributed by atoms with Crippen molar-refractivity contribution >= 4 is 33.5 Å². The van der Waals surface area contributed by atoms with E-state index in [1.807, 2.05) is 24.7 Å². The topological polar surface area (TPSA) is 82.1 Å². The summed E-state index contributed by atoms with van der Waals surface area (Å²) in [6.07, 6.45) is 8.94. The van der Waals surface area contributed by atoms with E-state index >= 15 is 0 Å². The van der Waals surface area contributed by atoms with E-state index < -0.39 is 5.97 Å². The third kappa shape index (κ3) is 1.99. The van der Waals surface area contributed by atoms with E-state index in [9.17, 15) is 9.90 Å². The predicted octanol–water partition coefficient (Wildman–Crippen LogP) is 2.41. The molecular weight excluding hydrogens is 280 g/mol. The number of carbonyl (C=O) groups is 1. The van der Waals surface area contributed by atoms with Crippen molar-refractivity contribution in [3.63, 3.8) is 0 Å². The zero-order valence-electron chi connectivity index (χ0n) is 12.0. The first-order valence-electron chi connectivity index (χ1n) is 7.41. The highest BCUT2D eigenvalue weighted by molar-refractivity contribution is 6.11. The van der Waals surface area contributed by atoms with Crippen molar-refractivity contribution < 1.29 is 9.90 Å². The standard InChI is InChI=1S/C16H16N4O2/c21-16(22)10-2-1-5-20(9-10)13-8-17-6-11-7-19-15-12(14(11)13)3-4-18-15/h3-4,6-8,10H,1-2,5,9H2,(H,18,19)(H,21,22). The van der Waals surface area contributed by atoms with Gasteiger partial charge in [0.15, 0.2) is 0 Å². The highest BCUT2D eigenvalue weighted by Crippen LogP contribution is 2.33. The summed E-state index contributed by atoms with van der Waals surface area (Å²) in [6.45, 7) is 1.39. The summed E-state index contributed by atoms with van der Waals surface area (Å²) in [6, 6.07) is 2.01. The van der Waals surface area contributed by atoms with Crippen molar-refractivity contribution in [2.45, 2.75) is 12.8 Å². The summed E-state index contributed by atoms with van der Waals surface area (Å²) >= 11 is 0. The molecule has 0 amide bonds. The molecular formula is C16H16N4O2. The molecule has 6 heteroatoms. The number of piperidine rings is 1. The van der Waals surface area contributed by atoms with Crippen LogP contribution in [0.25, 0.3) is 21.8 Å². The van der Waals surface area contributed by atoms with Crippen LogP contribution in [-0.2, 0) is 4.79 Å². The van der Waals surface area contributed by atoms with Gasteiger partial charge in [0.2, 0.25) is 0 Å². The fraction of sp³-hybridized carbons (Fsp3) is 0.312. The van der Waals surface area contributed by atoms with Gasteiger partial charge in [-0.2, -0.15) is 0 Å². The Morgan fingerprint density at radius 3 is 3.14 bits per heavy atom. The van der Waals surface area contributed by atoms with Crippen molar-refractivity contribution in [2.75, 3.05) is 18.0 Å². The Balaban J connectivity index is 1.87. The fourth-order valence-electron chi connectivity index (χ4n) is 3.30. The number of nitrogens with zero attached hydrogens (tertiary/aromatic N) is 3. The van der Waals surface area contributed by atoms with Gasteiger partial charge in [-0.25, -0.2) is 4.98 Å². The quantitative estimate of drug-likeness (QED) is 0.759. The van der Waals surface area contributed by atoms with Crippen molar-refractivity contribution in [3.8, 4) is 0 Å². The second-order valence-electron chi connectivity index (χ2n) is 5.74. The van der Waals surface area contributed by atoms with Crippen LogP contribution in [0.15, 0.2) is 30.9 Å². The Labute approximate surface area is 126 Å². The molecule has 2 N–H and O–H groups in total. The molecule has 1 unspecified atom stereocenters. The van der Waals surface area contributed by atoms with Crippen LogP contribution in [0.3, 0.4) is 0 Å².